The van der Waals surface area contributed by atoms with Crippen molar-refractivity contribution in [3.63, 3.8) is 0 Å². The van der Waals surface area contributed by atoms with Crippen LogP contribution in [0, 0.1) is 5.41 Å². The van der Waals surface area contributed by atoms with Crippen molar-refractivity contribution in [2.75, 3.05) is 38.8 Å². The Morgan fingerprint density at radius 1 is 1.47 bits per heavy atom. The van der Waals surface area contributed by atoms with Crippen molar-refractivity contribution in [1.82, 2.24) is 5.32 Å². The lowest BCUT2D eigenvalue weighted by atomic mass is 9.83. The van der Waals surface area contributed by atoms with E-state index in [1.807, 2.05) is 7.05 Å². The second kappa shape index (κ2) is 5.27. The minimum absolute atomic E-state index is 0.166. The van der Waals surface area contributed by atoms with E-state index in [-0.39, 0.29) is 5.41 Å². The van der Waals surface area contributed by atoms with E-state index in [4.69, 9.17) is 4.74 Å². The standard InChI is InChI=1S/C10H21NO3S/c1-11-8-10(5-6-14-9-10)4-3-7-15(2,12)13/h11H,3-9H2,1-2H3. The summed E-state index contributed by atoms with van der Waals surface area (Å²) in [6.45, 7) is 2.48. The van der Waals surface area contributed by atoms with Gasteiger partial charge in [0.05, 0.1) is 6.61 Å². The smallest absolute Gasteiger partial charge is 0.147 e. The molecule has 1 N–H and O–H groups in total. The molecule has 1 saturated heterocycles. The maximum atomic E-state index is 11.0. The molecule has 0 bridgehead atoms. The zero-order valence-corrected chi connectivity index (χ0v) is 10.4. The van der Waals surface area contributed by atoms with E-state index in [0.29, 0.717) is 5.75 Å². The maximum Gasteiger partial charge on any atom is 0.147 e. The fourth-order valence-corrected chi connectivity index (χ4v) is 2.83. The number of hydrogen-bond acceptors (Lipinski definition) is 4. The highest BCUT2D eigenvalue weighted by molar-refractivity contribution is 7.90. The van der Waals surface area contributed by atoms with Gasteiger partial charge in [-0.25, -0.2) is 8.42 Å². The number of sulfone groups is 1. The van der Waals surface area contributed by atoms with Gasteiger partial charge in [-0.2, -0.15) is 0 Å². The number of rotatable bonds is 6. The lowest BCUT2D eigenvalue weighted by Crippen LogP contribution is -2.33. The topological polar surface area (TPSA) is 55.4 Å². The fourth-order valence-electron chi connectivity index (χ4n) is 2.16. The zero-order chi connectivity index (χ0) is 11.4. The molecule has 0 saturated carbocycles. The molecule has 0 aromatic heterocycles. The van der Waals surface area contributed by atoms with Crippen LogP contribution < -0.4 is 5.32 Å². The van der Waals surface area contributed by atoms with Gasteiger partial charge in [0.1, 0.15) is 9.84 Å². The molecule has 1 aliphatic rings. The summed E-state index contributed by atoms with van der Waals surface area (Å²) in [5.74, 6) is 0.290. The monoisotopic (exact) mass is 235 g/mol. The number of ether oxygens (including phenoxy) is 1. The third-order valence-corrected chi connectivity index (χ3v) is 3.99. The fraction of sp³-hybridized carbons (Fsp3) is 1.00. The molecule has 1 heterocycles. The van der Waals surface area contributed by atoms with Crippen LogP contribution in [0.5, 0.6) is 0 Å². The Bertz CT molecular complexity index is 281. The van der Waals surface area contributed by atoms with Crippen LogP contribution in [-0.4, -0.2) is 47.2 Å². The Hall–Kier alpha value is -0.130. The highest BCUT2D eigenvalue weighted by Gasteiger charge is 2.33. The van der Waals surface area contributed by atoms with Crippen molar-refractivity contribution in [3.05, 3.63) is 0 Å². The molecule has 1 unspecified atom stereocenters. The Kier molecular flexibility index (Phi) is 4.55. The summed E-state index contributed by atoms with van der Waals surface area (Å²) >= 11 is 0. The molecule has 0 aromatic carbocycles. The summed E-state index contributed by atoms with van der Waals surface area (Å²) in [6, 6.07) is 0. The molecule has 1 aliphatic heterocycles. The van der Waals surface area contributed by atoms with Gasteiger partial charge in [0.25, 0.3) is 0 Å². The minimum atomic E-state index is -2.82. The highest BCUT2D eigenvalue weighted by Crippen LogP contribution is 2.32. The van der Waals surface area contributed by atoms with Crippen LogP contribution in [0.15, 0.2) is 0 Å². The molecule has 0 spiro atoms. The SMILES string of the molecule is CNCC1(CCCS(C)(=O)=O)CCOC1. The number of nitrogens with one attached hydrogen (secondary N) is 1. The Morgan fingerprint density at radius 2 is 2.20 bits per heavy atom. The van der Waals surface area contributed by atoms with E-state index in [9.17, 15) is 8.42 Å². The van der Waals surface area contributed by atoms with E-state index in [1.165, 1.54) is 6.26 Å². The van der Waals surface area contributed by atoms with Crippen molar-refractivity contribution in [3.8, 4) is 0 Å². The summed E-state index contributed by atoms with van der Waals surface area (Å²) < 4.78 is 27.4. The van der Waals surface area contributed by atoms with Gasteiger partial charge in [-0.15, -0.1) is 0 Å². The van der Waals surface area contributed by atoms with E-state index < -0.39 is 9.84 Å². The van der Waals surface area contributed by atoms with Crippen LogP contribution in [0.4, 0.5) is 0 Å². The van der Waals surface area contributed by atoms with Gasteiger partial charge < -0.3 is 10.1 Å². The minimum Gasteiger partial charge on any atom is -0.381 e. The zero-order valence-electron chi connectivity index (χ0n) is 9.58. The largest absolute Gasteiger partial charge is 0.381 e. The molecule has 0 radical (unpaired) electrons. The third kappa shape index (κ3) is 4.49. The second-order valence-corrected chi connectivity index (χ2v) is 6.83. The van der Waals surface area contributed by atoms with E-state index in [2.05, 4.69) is 5.32 Å². The summed E-state index contributed by atoms with van der Waals surface area (Å²) in [4.78, 5) is 0. The summed E-state index contributed by atoms with van der Waals surface area (Å²) in [5, 5.41) is 3.17. The predicted molar refractivity (Wildman–Crippen MR) is 60.7 cm³/mol. The predicted octanol–water partition coefficient (Wildman–Crippen LogP) is 0.437. The third-order valence-electron chi connectivity index (χ3n) is 2.96. The second-order valence-electron chi connectivity index (χ2n) is 4.57. The van der Waals surface area contributed by atoms with E-state index >= 15 is 0 Å². The van der Waals surface area contributed by atoms with Crippen LogP contribution in [-0.2, 0) is 14.6 Å². The van der Waals surface area contributed by atoms with Gasteiger partial charge >= 0.3 is 0 Å². The lowest BCUT2D eigenvalue weighted by molar-refractivity contribution is 0.145. The molecular formula is C10H21NO3S. The van der Waals surface area contributed by atoms with Gasteiger partial charge in [-0.05, 0) is 26.3 Å². The Morgan fingerprint density at radius 3 is 2.67 bits per heavy atom. The molecular weight excluding hydrogens is 214 g/mol. The van der Waals surface area contributed by atoms with Crippen LogP contribution in [0.3, 0.4) is 0 Å². The van der Waals surface area contributed by atoms with E-state index in [1.54, 1.807) is 0 Å². The molecule has 90 valence electrons. The first-order valence-corrected chi connectivity index (χ1v) is 7.44. The van der Waals surface area contributed by atoms with Crippen molar-refractivity contribution >= 4 is 9.84 Å². The van der Waals surface area contributed by atoms with Crippen molar-refractivity contribution < 1.29 is 13.2 Å². The first-order valence-electron chi connectivity index (χ1n) is 5.38. The van der Waals surface area contributed by atoms with Gasteiger partial charge in [0, 0.05) is 30.6 Å². The maximum absolute atomic E-state index is 11.0. The van der Waals surface area contributed by atoms with Crippen LogP contribution >= 0.6 is 0 Å². The molecule has 1 atom stereocenters. The molecule has 5 heteroatoms. The van der Waals surface area contributed by atoms with Crippen molar-refractivity contribution in [1.29, 1.82) is 0 Å². The number of hydrogen-bond donors (Lipinski definition) is 1. The van der Waals surface area contributed by atoms with Gasteiger partial charge in [0.2, 0.25) is 0 Å². The lowest BCUT2D eigenvalue weighted by Gasteiger charge is -2.26. The molecule has 0 aromatic rings. The average Bonchev–Trinajstić information content (AvgIpc) is 2.52. The van der Waals surface area contributed by atoms with Gasteiger partial charge in [-0.3, -0.25) is 0 Å². The molecule has 1 fully saturated rings. The van der Waals surface area contributed by atoms with Crippen molar-refractivity contribution in [2.24, 2.45) is 5.41 Å². The van der Waals surface area contributed by atoms with Crippen LogP contribution in [0.2, 0.25) is 0 Å². The quantitative estimate of drug-likeness (QED) is 0.726. The van der Waals surface area contributed by atoms with E-state index in [0.717, 1.165) is 39.0 Å². The Balaban J connectivity index is 2.39. The van der Waals surface area contributed by atoms with Gasteiger partial charge in [-0.1, -0.05) is 0 Å². The van der Waals surface area contributed by atoms with Crippen LogP contribution in [0.25, 0.3) is 0 Å². The molecule has 0 amide bonds. The van der Waals surface area contributed by atoms with Gasteiger partial charge in [0.15, 0.2) is 0 Å². The summed E-state index contributed by atoms with van der Waals surface area (Å²) in [5.41, 5.74) is 0.166. The first-order chi connectivity index (χ1) is 6.97. The molecule has 15 heavy (non-hydrogen) atoms. The first kappa shape index (κ1) is 12.9. The molecule has 1 rings (SSSR count). The molecule has 0 aliphatic carbocycles. The van der Waals surface area contributed by atoms with Crippen LogP contribution in [0.1, 0.15) is 19.3 Å². The Labute approximate surface area is 92.3 Å². The summed E-state index contributed by atoms with van der Waals surface area (Å²) in [7, 11) is -0.892. The highest BCUT2D eigenvalue weighted by atomic mass is 32.2. The normalized spacial score (nSPS) is 27.1. The van der Waals surface area contributed by atoms with Crippen molar-refractivity contribution in [2.45, 2.75) is 19.3 Å². The average molecular weight is 235 g/mol. The molecule has 4 nitrogen and oxygen atoms in total. The summed E-state index contributed by atoms with van der Waals surface area (Å²) in [6.07, 6.45) is 4.01.